The fourth-order valence-corrected chi connectivity index (χ4v) is 2.63. The van der Waals surface area contributed by atoms with E-state index in [0.717, 1.165) is 11.5 Å². The SMILES string of the molecule is CCCCCCC(C)c1ccccc1Oc1ccccc1. The van der Waals surface area contributed by atoms with Crippen LogP contribution in [0, 0.1) is 0 Å². The van der Waals surface area contributed by atoms with Gasteiger partial charge in [0.05, 0.1) is 0 Å². The molecule has 112 valence electrons. The summed E-state index contributed by atoms with van der Waals surface area (Å²) in [5.41, 5.74) is 1.32. The van der Waals surface area contributed by atoms with E-state index in [1.807, 2.05) is 36.4 Å². The number of para-hydroxylation sites is 2. The zero-order valence-corrected chi connectivity index (χ0v) is 13.2. The van der Waals surface area contributed by atoms with E-state index in [2.05, 4.69) is 32.0 Å². The van der Waals surface area contributed by atoms with Crippen LogP contribution in [-0.4, -0.2) is 0 Å². The molecule has 0 aromatic heterocycles. The third-order valence-corrected chi connectivity index (χ3v) is 3.91. The Bertz CT molecular complexity index is 518. The lowest BCUT2D eigenvalue weighted by Crippen LogP contribution is -1.97. The Hall–Kier alpha value is -1.76. The molecular formula is C20H26O. The molecule has 0 radical (unpaired) electrons. The normalized spacial score (nSPS) is 12.1. The fraction of sp³-hybridized carbons (Fsp3) is 0.400. The maximum atomic E-state index is 6.06. The van der Waals surface area contributed by atoms with E-state index in [9.17, 15) is 0 Å². The summed E-state index contributed by atoms with van der Waals surface area (Å²) in [5.74, 6) is 2.44. The first-order valence-electron chi connectivity index (χ1n) is 8.13. The Kier molecular flexibility index (Phi) is 6.33. The average molecular weight is 282 g/mol. The van der Waals surface area contributed by atoms with Gasteiger partial charge in [0.25, 0.3) is 0 Å². The van der Waals surface area contributed by atoms with E-state index in [4.69, 9.17) is 4.74 Å². The van der Waals surface area contributed by atoms with Gasteiger partial charge in [0.1, 0.15) is 11.5 Å². The Morgan fingerprint density at radius 1 is 0.857 bits per heavy atom. The molecule has 0 N–H and O–H groups in total. The molecule has 0 aliphatic rings. The fourth-order valence-electron chi connectivity index (χ4n) is 2.63. The van der Waals surface area contributed by atoms with Crippen molar-refractivity contribution in [1.82, 2.24) is 0 Å². The second-order valence-electron chi connectivity index (χ2n) is 5.70. The van der Waals surface area contributed by atoms with Crippen LogP contribution in [0.4, 0.5) is 0 Å². The van der Waals surface area contributed by atoms with E-state index in [-0.39, 0.29) is 0 Å². The highest BCUT2D eigenvalue weighted by Crippen LogP contribution is 2.33. The van der Waals surface area contributed by atoms with Crippen molar-refractivity contribution in [1.29, 1.82) is 0 Å². The molecule has 0 aliphatic heterocycles. The minimum Gasteiger partial charge on any atom is -0.457 e. The second-order valence-corrected chi connectivity index (χ2v) is 5.70. The summed E-state index contributed by atoms with van der Waals surface area (Å²) in [4.78, 5) is 0. The van der Waals surface area contributed by atoms with Crippen molar-refractivity contribution >= 4 is 0 Å². The van der Waals surface area contributed by atoms with E-state index < -0.39 is 0 Å². The van der Waals surface area contributed by atoms with Gasteiger partial charge < -0.3 is 4.74 Å². The number of hydrogen-bond acceptors (Lipinski definition) is 1. The van der Waals surface area contributed by atoms with Crippen molar-refractivity contribution in [2.45, 2.75) is 51.9 Å². The van der Waals surface area contributed by atoms with Gasteiger partial charge in [-0.1, -0.05) is 75.9 Å². The van der Waals surface area contributed by atoms with Crippen molar-refractivity contribution in [3.63, 3.8) is 0 Å². The van der Waals surface area contributed by atoms with Crippen molar-refractivity contribution in [2.75, 3.05) is 0 Å². The molecule has 0 aliphatic carbocycles. The van der Waals surface area contributed by atoms with E-state index in [0.29, 0.717) is 5.92 Å². The molecule has 0 heterocycles. The van der Waals surface area contributed by atoms with Crippen LogP contribution in [0.5, 0.6) is 11.5 Å². The van der Waals surface area contributed by atoms with Gasteiger partial charge in [0, 0.05) is 0 Å². The maximum Gasteiger partial charge on any atom is 0.130 e. The quantitative estimate of drug-likeness (QED) is 0.499. The topological polar surface area (TPSA) is 9.23 Å². The molecule has 1 nitrogen and oxygen atoms in total. The molecule has 1 atom stereocenters. The van der Waals surface area contributed by atoms with E-state index >= 15 is 0 Å². The number of rotatable bonds is 8. The predicted octanol–water partition coefficient (Wildman–Crippen LogP) is 6.55. The minimum absolute atomic E-state index is 0.543. The van der Waals surface area contributed by atoms with Crippen molar-refractivity contribution in [3.8, 4) is 11.5 Å². The van der Waals surface area contributed by atoms with Gasteiger partial charge in [0.15, 0.2) is 0 Å². The van der Waals surface area contributed by atoms with Crippen LogP contribution in [0.3, 0.4) is 0 Å². The van der Waals surface area contributed by atoms with Crippen molar-refractivity contribution < 1.29 is 4.74 Å². The third kappa shape index (κ3) is 4.93. The van der Waals surface area contributed by atoms with Gasteiger partial charge >= 0.3 is 0 Å². The molecule has 0 amide bonds. The van der Waals surface area contributed by atoms with E-state index in [1.54, 1.807) is 0 Å². The Balaban J connectivity index is 2.02. The monoisotopic (exact) mass is 282 g/mol. The lowest BCUT2D eigenvalue weighted by molar-refractivity contribution is 0.466. The van der Waals surface area contributed by atoms with E-state index in [1.165, 1.54) is 37.7 Å². The number of hydrogen-bond donors (Lipinski definition) is 0. The Labute approximate surface area is 129 Å². The van der Waals surface area contributed by atoms with Crippen LogP contribution in [-0.2, 0) is 0 Å². The first-order valence-corrected chi connectivity index (χ1v) is 8.13. The van der Waals surface area contributed by atoms with Gasteiger partial charge in [-0.2, -0.15) is 0 Å². The smallest absolute Gasteiger partial charge is 0.130 e. The summed E-state index contributed by atoms with van der Waals surface area (Å²) >= 11 is 0. The average Bonchev–Trinajstić information content (AvgIpc) is 2.53. The molecule has 1 unspecified atom stereocenters. The number of ether oxygens (including phenoxy) is 1. The summed E-state index contributed by atoms with van der Waals surface area (Å²) < 4.78 is 6.06. The van der Waals surface area contributed by atoms with Crippen molar-refractivity contribution in [2.24, 2.45) is 0 Å². The largest absolute Gasteiger partial charge is 0.457 e. The lowest BCUT2D eigenvalue weighted by Gasteiger charge is -2.16. The van der Waals surface area contributed by atoms with Gasteiger partial charge in [-0.25, -0.2) is 0 Å². The predicted molar refractivity (Wildman–Crippen MR) is 90.1 cm³/mol. The van der Waals surface area contributed by atoms with Gasteiger partial charge in [0.2, 0.25) is 0 Å². The molecule has 0 fully saturated rings. The summed E-state index contributed by atoms with van der Waals surface area (Å²) in [6.07, 6.45) is 6.50. The number of benzene rings is 2. The highest BCUT2D eigenvalue weighted by molar-refractivity contribution is 5.39. The molecular weight excluding hydrogens is 256 g/mol. The molecule has 1 heteroatoms. The molecule has 0 saturated heterocycles. The molecule has 2 aromatic carbocycles. The van der Waals surface area contributed by atoms with Crippen LogP contribution >= 0.6 is 0 Å². The zero-order valence-electron chi connectivity index (χ0n) is 13.2. The summed E-state index contributed by atoms with van der Waals surface area (Å²) in [7, 11) is 0. The first kappa shape index (κ1) is 15.6. The van der Waals surface area contributed by atoms with Gasteiger partial charge in [-0.05, 0) is 36.1 Å². The molecule has 0 spiro atoms. The van der Waals surface area contributed by atoms with Crippen LogP contribution in [0.1, 0.15) is 57.4 Å². The molecule has 2 aromatic rings. The van der Waals surface area contributed by atoms with Crippen LogP contribution < -0.4 is 4.74 Å². The highest BCUT2D eigenvalue weighted by Gasteiger charge is 2.11. The second kappa shape index (κ2) is 8.51. The number of unbranched alkanes of at least 4 members (excludes halogenated alkanes) is 3. The van der Waals surface area contributed by atoms with Crippen molar-refractivity contribution in [3.05, 3.63) is 60.2 Å². The molecule has 2 rings (SSSR count). The first-order chi connectivity index (χ1) is 10.3. The molecule has 21 heavy (non-hydrogen) atoms. The molecule has 0 bridgehead atoms. The Morgan fingerprint density at radius 2 is 1.57 bits per heavy atom. The van der Waals surface area contributed by atoms with Gasteiger partial charge in [-0.3, -0.25) is 0 Å². The lowest BCUT2D eigenvalue weighted by atomic mass is 9.94. The standard InChI is InChI=1S/C20H26O/c1-3-4-5-7-12-17(2)19-15-10-11-16-20(19)21-18-13-8-6-9-14-18/h6,8-11,13-17H,3-5,7,12H2,1-2H3. The maximum absolute atomic E-state index is 6.06. The van der Waals surface area contributed by atoms with Gasteiger partial charge in [-0.15, -0.1) is 0 Å². The van der Waals surface area contributed by atoms with Crippen LogP contribution in [0.15, 0.2) is 54.6 Å². The zero-order chi connectivity index (χ0) is 14.9. The highest BCUT2D eigenvalue weighted by atomic mass is 16.5. The third-order valence-electron chi connectivity index (χ3n) is 3.91. The summed E-state index contributed by atoms with van der Waals surface area (Å²) in [5, 5.41) is 0. The Morgan fingerprint density at radius 3 is 2.33 bits per heavy atom. The van der Waals surface area contributed by atoms with Crippen LogP contribution in [0.25, 0.3) is 0 Å². The minimum atomic E-state index is 0.543. The van der Waals surface area contributed by atoms with Crippen LogP contribution in [0.2, 0.25) is 0 Å². The summed E-state index contributed by atoms with van der Waals surface area (Å²) in [6, 6.07) is 18.5. The summed E-state index contributed by atoms with van der Waals surface area (Å²) in [6.45, 7) is 4.56. The molecule has 0 saturated carbocycles.